The molecule has 8 nitrogen and oxygen atoms in total. The average molecular weight is 522 g/mol. The molecule has 194 valence electrons. The summed E-state index contributed by atoms with van der Waals surface area (Å²) in [4.78, 5) is 40.4. The third kappa shape index (κ3) is 3.41. The number of aryl methyl sites for hydroxylation is 2. The second-order valence-electron chi connectivity index (χ2n) is 9.79. The van der Waals surface area contributed by atoms with Gasteiger partial charge in [0.1, 0.15) is 34.5 Å². The van der Waals surface area contributed by atoms with Crippen LogP contribution in [0.4, 0.5) is 0 Å². The highest BCUT2D eigenvalue weighted by Gasteiger charge is 2.36. The van der Waals surface area contributed by atoms with Crippen molar-refractivity contribution in [2.24, 2.45) is 0 Å². The molecule has 0 saturated heterocycles. The lowest BCUT2D eigenvalue weighted by molar-refractivity contribution is -0.135. The third-order valence-corrected chi connectivity index (χ3v) is 7.78. The Balaban J connectivity index is 1.49. The lowest BCUT2D eigenvalue weighted by Crippen LogP contribution is -2.29. The van der Waals surface area contributed by atoms with Crippen LogP contribution < -0.4 is 25.2 Å². The maximum absolute atomic E-state index is 13.9. The van der Waals surface area contributed by atoms with Crippen LogP contribution in [-0.2, 0) is 17.8 Å². The number of hydrogen-bond donors (Lipinski definition) is 0. The quantitative estimate of drug-likeness (QED) is 0.248. The van der Waals surface area contributed by atoms with Gasteiger partial charge in [-0.3, -0.25) is 14.4 Å². The fourth-order valence-corrected chi connectivity index (χ4v) is 5.95. The van der Waals surface area contributed by atoms with E-state index < -0.39 is 11.9 Å². The van der Waals surface area contributed by atoms with Crippen LogP contribution in [0.3, 0.4) is 0 Å². The predicted octanol–water partition coefficient (Wildman–Crippen LogP) is 4.79. The van der Waals surface area contributed by atoms with Crippen molar-refractivity contribution in [2.75, 3.05) is 14.2 Å². The van der Waals surface area contributed by atoms with Gasteiger partial charge in [0.2, 0.25) is 5.43 Å². The highest BCUT2D eigenvalue weighted by Crippen LogP contribution is 2.46. The molecular formula is C31H23NO7. The first-order valence-electron chi connectivity index (χ1n) is 12.7. The fraction of sp³-hybridized carbons (Fsp3) is 0.194. The number of benzene rings is 3. The van der Waals surface area contributed by atoms with Crippen molar-refractivity contribution in [3.05, 3.63) is 98.1 Å². The molecule has 1 unspecified atom stereocenters. The summed E-state index contributed by atoms with van der Waals surface area (Å²) in [6, 6.07) is 16.5. The summed E-state index contributed by atoms with van der Waals surface area (Å²) in [6.45, 7) is 0.580. The molecule has 0 radical (unpaired) electrons. The van der Waals surface area contributed by atoms with Crippen LogP contribution in [0.5, 0.6) is 17.2 Å². The van der Waals surface area contributed by atoms with E-state index in [-0.39, 0.29) is 39.9 Å². The van der Waals surface area contributed by atoms with Crippen LogP contribution >= 0.6 is 0 Å². The number of carbonyl (C=O) groups is 1. The Labute approximate surface area is 222 Å². The number of fused-ring (bicyclic) bond motifs is 3. The van der Waals surface area contributed by atoms with Crippen LogP contribution in [-0.4, -0.2) is 24.8 Å². The van der Waals surface area contributed by atoms with E-state index in [9.17, 15) is 14.4 Å². The summed E-state index contributed by atoms with van der Waals surface area (Å²) in [5.41, 5.74) is 3.80. The largest absolute Gasteiger partial charge is 0.497 e. The van der Waals surface area contributed by atoms with E-state index in [1.807, 2.05) is 24.3 Å². The number of para-hydroxylation sites is 1. The number of nitrogens with zero attached hydrogens (tertiary/aromatic N) is 1. The van der Waals surface area contributed by atoms with Crippen molar-refractivity contribution in [3.63, 3.8) is 0 Å². The zero-order valence-electron chi connectivity index (χ0n) is 21.3. The first kappa shape index (κ1) is 23.3. The van der Waals surface area contributed by atoms with Crippen LogP contribution in [0.2, 0.25) is 0 Å². The van der Waals surface area contributed by atoms with Crippen molar-refractivity contribution in [1.29, 1.82) is 0 Å². The minimum atomic E-state index is -0.658. The van der Waals surface area contributed by atoms with E-state index in [4.69, 9.17) is 18.6 Å². The van der Waals surface area contributed by atoms with E-state index in [1.54, 1.807) is 35.9 Å². The van der Waals surface area contributed by atoms with Crippen LogP contribution in [0, 0.1) is 0 Å². The number of ether oxygens (including phenoxy) is 3. The monoisotopic (exact) mass is 521 g/mol. The summed E-state index contributed by atoms with van der Waals surface area (Å²) in [7, 11) is 3.02. The van der Waals surface area contributed by atoms with Gasteiger partial charge >= 0.3 is 5.97 Å². The molecular weight excluding hydrogens is 498 g/mol. The number of esters is 1. The van der Waals surface area contributed by atoms with Crippen LogP contribution in [0.1, 0.15) is 29.0 Å². The molecule has 39 heavy (non-hydrogen) atoms. The molecule has 0 aliphatic carbocycles. The molecule has 4 heterocycles. The topological polar surface area (TPSA) is 97.0 Å². The highest BCUT2D eigenvalue weighted by molar-refractivity contribution is 5.95. The minimum Gasteiger partial charge on any atom is -0.497 e. The number of carbonyl (C=O) groups excluding carboxylic acids is 1. The second-order valence-corrected chi connectivity index (χ2v) is 9.79. The van der Waals surface area contributed by atoms with Gasteiger partial charge in [-0.25, -0.2) is 0 Å². The average Bonchev–Trinajstić information content (AvgIpc) is 3.40. The van der Waals surface area contributed by atoms with E-state index in [0.29, 0.717) is 34.5 Å². The Kier molecular flexibility index (Phi) is 5.13. The SMILES string of the molecule is COc1ccc(-c2coc3c4c(cc(OC)c3c2=O)OC(=O)CC4c2cc3cccc4c3n(c2=O)CC4)cc1. The minimum absolute atomic E-state index is 0.0567. The van der Waals surface area contributed by atoms with Gasteiger partial charge in [0.15, 0.2) is 0 Å². The molecule has 2 aliphatic heterocycles. The van der Waals surface area contributed by atoms with Gasteiger partial charge in [0, 0.05) is 29.7 Å². The van der Waals surface area contributed by atoms with E-state index in [0.717, 1.165) is 22.9 Å². The Bertz CT molecular complexity index is 1950. The maximum Gasteiger partial charge on any atom is 0.312 e. The maximum atomic E-state index is 13.9. The van der Waals surface area contributed by atoms with E-state index >= 15 is 0 Å². The van der Waals surface area contributed by atoms with Gasteiger partial charge in [-0.15, -0.1) is 0 Å². The second kappa shape index (κ2) is 8.59. The molecule has 5 aromatic rings. The number of rotatable bonds is 4. The fourth-order valence-electron chi connectivity index (χ4n) is 5.95. The molecule has 0 N–H and O–H groups in total. The molecule has 8 heteroatoms. The van der Waals surface area contributed by atoms with Crippen molar-refractivity contribution >= 4 is 27.8 Å². The zero-order valence-corrected chi connectivity index (χ0v) is 21.3. The Hall–Kier alpha value is -4.85. The summed E-state index contributed by atoms with van der Waals surface area (Å²) < 4.78 is 24.3. The Morgan fingerprint density at radius 2 is 1.79 bits per heavy atom. The lowest BCUT2D eigenvalue weighted by Gasteiger charge is -2.26. The van der Waals surface area contributed by atoms with E-state index in [2.05, 4.69) is 0 Å². The van der Waals surface area contributed by atoms with Gasteiger partial charge in [-0.1, -0.05) is 30.3 Å². The molecule has 3 aromatic carbocycles. The molecule has 0 bridgehead atoms. The number of pyridine rings is 1. The molecule has 2 aromatic heterocycles. The molecule has 7 rings (SSSR count). The Morgan fingerprint density at radius 3 is 2.56 bits per heavy atom. The van der Waals surface area contributed by atoms with Crippen LogP contribution in [0.25, 0.3) is 33.0 Å². The zero-order chi connectivity index (χ0) is 26.8. The summed E-state index contributed by atoms with van der Waals surface area (Å²) >= 11 is 0. The molecule has 1 atom stereocenters. The van der Waals surface area contributed by atoms with Crippen molar-refractivity contribution < 1.29 is 23.4 Å². The van der Waals surface area contributed by atoms with Crippen molar-refractivity contribution in [3.8, 4) is 28.4 Å². The van der Waals surface area contributed by atoms with Crippen molar-refractivity contribution in [2.45, 2.75) is 25.3 Å². The smallest absolute Gasteiger partial charge is 0.312 e. The number of aromatic nitrogens is 1. The summed E-state index contributed by atoms with van der Waals surface area (Å²) in [5, 5.41) is 1.15. The lowest BCUT2D eigenvalue weighted by atomic mass is 9.85. The highest BCUT2D eigenvalue weighted by atomic mass is 16.5. The van der Waals surface area contributed by atoms with Crippen LogP contribution in [0.15, 0.2) is 74.9 Å². The van der Waals surface area contributed by atoms with Gasteiger partial charge in [-0.05, 0) is 41.1 Å². The Morgan fingerprint density at radius 1 is 0.974 bits per heavy atom. The predicted molar refractivity (Wildman–Crippen MR) is 145 cm³/mol. The first-order chi connectivity index (χ1) is 19.0. The molecule has 0 saturated carbocycles. The number of hydrogen-bond acceptors (Lipinski definition) is 7. The van der Waals surface area contributed by atoms with Crippen molar-refractivity contribution in [1.82, 2.24) is 4.57 Å². The van der Waals surface area contributed by atoms with Gasteiger partial charge in [-0.2, -0.15) is 0 Å². The number of methoxy groups -OCH3 is 2. The molecule has 2 aliphatic rings. The molecule has 0 spiro atoms. The summed E-state index contributed by atoms with van der Waals surface area (Å²) in [6.07, 6.45) is 2.13. The van der Waals surface area contributed by atoms with Gasteiger partial charge in [0.05, 0.1) is 31.7 Å². The molecule has 0 fully saturated rings. The third-order valence-electron chi connectivity index (χ3n) is 7.78. The first-order valence-corrected chi connectivity index (χ1v) is 12.7. The normalized spacial score (nSPS) is 15.8. The van der Waals surface area contributed by atoms with Gasteiger partial charge in [0.25, 0.3) is 5.56 Å². The summed E-state index contributed by atoms with van der Waals surface area (Å²) in [5.74, 6) is -0.0249. The standard InChI is InChI=1S/C31H23NO7/c1-36-19-8-6-16(7-9-19)22-15-38-30-26-20(13-25(33)39-24(26)14-23(37-2)27(30)29(22)34)21-12-18-5-3-4-17-10-11-32(28(17)18)31(21)35/h3-9,12,14-15,20H,10-11,13H2,1-2H3. The van der Waals surface area contributed by atoms with E-state index in [1.165, 1.54) is 19.4 Å². The van der Waals surface area contributed by atoms with Gasteiger partial charge < -0.3 is 23.2 Å². The molecule has 0 amide bonds.